The molecule has 0 unspecified atom stereocenters. The molecular weight excluding hydrogens is 342 g/mol. The van der Waals surface area contributed by atoms with Gasteiger partial charge in [0.25, 0.3) is 5.91 Å². The Hall–Kier alpha value is -3.30. The minimum atomic E-state index is -0.637. The van der Waals surface area contributed by atoms with Crippen molar-refractivity contribution in [3.8, 4) is 5.69 Å². The van der Waals surface area contributed by atoms with Gasteiger partial charge in [0, 0.05) is 13.0 Å². The van der Waals surface area contributed by atoms with Crippen molar-refractivity contribution in [2.24, 2.45) is 0 Å². The fraction of sp³-hybridized carbons (Fsp3) is 0.375. The van der Waals surface area contributed by atoms with Gasteiger partial charge in [0.2, 0.25) is 0 Å². The third-order valence-corrected chi connectivity index (χ3v) is 3.21. The molecule has 1 heterocycles. The fourth-order valence-electron chi connectivity index (χ4n) is 2.01. The van der Waals surface area contributed by atoms with E-state index >= 15 is 0 Å². The van der Waals surface area contributed by atoms with E-state index in [-0.39, 0.29) is 18.0 Å². The van der Waals surface area contributed by atoms with Crippen LogP contribution in [0.2, 0.25) is 0 Å². The Morgan fingerprint density at radius 3 is 2.81 bits per heavy atom. The first kappa shape index (κ1) is 19.0. The van der Waals surface area contributed by atoms with E-state index in [1.807, 2.05) is 0 Å². The van der Waals surface area contributed by atoms with Gasteiger partial charge in [0.05, 0.1) is 17.9 Å². The summed E-state index contributed by atoms with van der Waals surface area (Å²) in [5.41, 5.74) is 0.862. The van der Waals surface area contributed by atoms with Crippen LogP contribution in [0.15, 0.2) is 30.6 Å². The van der Waals surface area contributed by atoms with Gasteiger partial charge < -0.3 is 14.8 Å². The number of nitrogens with zero attached hydrogens (tertiary/aromatic N) is 4. The van der Waals surface area contributed by atoms with E-state index < -0.39 is 18.5 Å². The molecule has 1 amide bonds. The lowest BCUT2D eigenvalue weighted by Crippen LogP contribution is -2.30. The van der Waals surface area contributed by atoms with Crippen LogP contribution in [-0.4, -0.2) is 57.8 Å². The number of esters is 2. The first-order chi connectivity index (χ1) is 12.6. The van der Waals surface area contributed by atoms with Crippen LogP contribution in [-0.2, 0) is 19.1 Å². The zero-order valence-corrected chi connectivity index (χ0v) is 14.3. The van der Waals surface area contributed by atoms with Crippen LogP contribution in [0, 0.1) is 0 Å². The quantitative estimate of drug-likeness (QED) is 0.499. The Bertz CT molecular complexity index is 747. The lowest BCUT2D eigenvalue weighted by Gasteiger charge is -2.07. The van der Waals surface area contributed by atoms with Crippen LogP contribution < -0.4 is 5.32 Å². The van der Waals surface area contributed by atoms with Crippen LogP contribution in [0.1, 0.15) is 30.1 Å². The van der Waals surface area contributed by atoms with E-state index in [1.54, 1.807) is 31.2 Å². The van der Waals surface area contributed by atoms with Crippen molar-refractivity contribution < 1.29 is 23.9 Å². The normalized spacial score (nSPS) is 10.2. The van der Waals surface area contributed by atoms with Crippen molar-refractivity contribution in [1.29, 1.82) is 0 Å². The van der Waals surface area contributed by atoms with E-state index in [2.05, 4.69) is 20.8 Å². The topological polar surface area (TPSA) is 125 Å². The average Bonchev–Trinajstić information content (AvgIpc) is 3.18. The van der Waals surface area contributed by atoms with E-state index in [0.29, 0.717) is 25.3 Å². The Balaban J connectivity index is 1.74. The molecule has 0 saturated heterocycles. The maximum absolute atomic E-state index is 12.0. The van der Waals surface area contributed by atoms with Crippen molar-refractivity contribution in [3.05, 3.63) is 36.2 Å². The first-order valence-corrected chi connectivity index (χ1v) is 8.03. The summed E-state index contributed by atoms with van der Waals surface area (Å²) in [6.45, 7) is 1.94. The average molecular weight is 361 g/mol. The van der Waals surface area contributed by atoms with Crippen LogP contribution in [0.4, 0.5) is 0 Å². The van der Waals surface area contributed by atoms with E-state index in [1.165, 1.54) is 11.0 Å². The van der Waals surface area contributed by atoms with Gasteiger partial charge in [0.1, 0.15) is 6.33 Å². The summed E-state index contributed by atoms with van der Waals surface area (Å²) in [6, 6.07) is 6.50. The van der Waals surface area contributed by atoms with Crippen molar-refractivity contribution in [2.45, 2.75) is 19.8 Å². The number of amides is 1. The molecule has 0 aliphatic heterocycles. The van der Waals surface area contributed by atoms with E-state index in [9.17, 15) is 14.4 Å². The summed E-state index contributed by atoms with van der Waals surface area (Å²) in [7, 11) is 0. The molecule has 0 bridgehead atoms. The molecule has 0 aliphatic carbocycles. The van der Waals surface area contributed by atoms with Crippen LogP contribution in [0.25, 0.3) is 5.69 Å². The molecule has 0 saturated carbocycles. The van der Waals surface area contributed by atoms with Gasteiger partial charge in [-0.3, -0.25) is 9.59 Å². The Morgan fingerprint density at radius 2 is 2.08 bits per heavy atom. The standard InChI is InChI=1S/C16H19N5O5/c1-2-25-15(23)7-4-8-17-14(22)10-26-16(24)12-5-3-6-13(9-12)21-11-18-19-20-21/h3,5-6,9,11H,2,4,7-8,10H2,1H3,(H,17,22). The summed E-state index contributed by atoms with van der Waals surface area (Å²) in [4.78, 5) is 34.9. The highest BCUT2D eigenvalue weighted by atomic mass is 16.5. The SMILES string of the molecule is CCOC(=O)CCCNC(=O)COC(=O)c1cccc(-n2cnnn2)c1. The van der Waals surface area contributed by atoms with Gasteiger partial charge >= 0.3 is 11.9 Å². The predicted octanol–water partition coefficient (Wildman–Crippen LogP) is 0.279. The second-order valence-electron chi connectivity index (χ2n) is 5.14. The number of benzene rings is 1. The number of nitrogens with one attached hydrogen (secondary N) is 1. The largest absolute Gasteiger partial charge is 0.466 e. The lowest BCUT2D eigenvalue weighted by molar-refractivity contribution is -0.143. The summed E-state index contributed by atoms with van der Waals surface area (Å²) >= 11 is 0. The Kier molecular flexibility index (Phi) is 7.22. The number of aromatic nitrogens is 4. The molecule has 0 fully saturated rings. The van der Waals surface area contributed by atoms with Gasteiger partial charge in [-0.05, 0) is 42.0 Å². The highest BCUT2D eigenvalue weighted by Crippen LogP contribution is 2.09. The van der Waals surface area contributed by atoms with Gasteiger partial charge in [0.15, 0.2) is 6.61 Å². The molecule has 26 heavy (non-hydrogen) atoms. The molecule has 0 radical (unpaired) electrons. The Labute approximate surface area is 149 Å². The minimum absolute atomic E-state index is 0.220. The van der Waals surface area contributed by atoms with Crippen molar-refractivity contribution in [2.75, 3.05) is 19.8 Å². The highest BCUT2D eigenvalue weighted by molar-refractivity contribution is 5.91. The monoisotopic (exact) mass is 361 g/mol. The molecular formula is C16H19N5O5. The number of tetrazole rings is 1. The maximum atomic E-state index is 12.0. The molecule has 10 heteroatoms. The van der Waals surface area contributed by atoms with E-state index in [0.717, 1.165) is 0 Å². The van der Waals surface area contributed by atoms with Gasteiger partial charge in [-0.2, -0.15) is 0 Å². The molecule has 138 valence electrons. The zero-order chi connectivity index (χ0) is 18.8. The first-order valence-electron chi connectivity index (χ1n) is 8.03. The molecule has 1 aromatic carbocycles. The molecule has 0 spiro atoms. The zero-order valence-electron chi connectivity index (χ0n) is 14.3. The second-order valence-corrected chi connectivity index (χ2v) is 5.14. The van der Waals surface area contributed by atoms with Gasteiger partial charge in [-0.25, -0.2) is 9.48 Å². The number of hydrogen-bond donors (Lipinski definition) is 1. The number of ether oxygens (including phenoxy) is 2. The smallest absolute Gasteiger partial charge is 0.338 e. The Morgan fingerprint density at radius 1 is 1.23 bits per heavy atom. The van der Waals surface area contributed by atoms with Gasteiger partial charge in [-0.15, -0.1) is 5.10 Å². The third-order valence-electron chi connectivity index (χ3n) is 3.21. The van der Waals surface area contributed by atoms with Crippen LogP contribution in [0.5, 0.6) is 0 Å². The number of hydrogen-bond acceptors (Lipinski definition) is 8. The van der Waals surface area contributed by atoms with Crippen LogP contribution in [0.3, 0.4) is 0 Å². The summed E-state index contributed by atoms with van der Waals surface area (Å²) < 4.78 is 11.1. The molecule has 1 N–H and O–H groups in total. The van der Waals surface area contributed by atoms with Crippen molar-refractivity contribution in [3.63, 3.8) is 0 Å². The number of carbonyl (C=O) groups is 3. The molecule has 2 aromatic rings. The molecule has 2 rings (SSSR count). The van der Waals surface area contributed by atoms with E-state index in [4.69, 9.17) is 9.47 Å². The van der Waals surface area contributed by atoms with Gasteiger partial charge in [-0.1, -0.05) is 6.07 Å². The number of carbonyl (C=O) groups excluding carboxylic acids is 3. The predicted molar refractivity (Wildman–Crippen MR) is 88.3 cm³/mol. The maximum Gasteiger partial charge on any atom is 0.338 e. The third kappa shape index (κ3) is 5.96. The summed E-state index contributed by atoms with van der Waals surface area (Å²) in [5, 5.41) is 13.3. The molecule has 0 atom stereocenters. The minimum Gasteiger partial charge on any atom is -0.466 e. The lowest BCUT2D eigenvalue weighted by atomic mass is 10.2. The summed E-state index contributed by atoms with van der Waals surface area (Å²) in [6.07, 6.45) is 2.07. The van der Waals surface area contributed by atoms with Crippen molar-refractivity contribution in [1.82, 2.24) is 25.5 Å². The number of rotatable bonds is 9. The summed E-state index contributed by atoms with van der Waals surface area (Å²) in [5.74, 6) is -1.39. The van der Waals surface area contributed by atoms with Crippen molar-refractivity contribution >= 4 is 17.8 Å². The molecule has 0 aliphatic rings. The fourth-order valence-corrected chi connectivity index (χ4v) is 2.01. The van der Waals surface area contributed by atoms with Crippen LogP contribution >= 0.6 is 0 Å². The molecule has 10 nitrogen and oxygen atoms in total. The second kappa shape index (κ2) is 9.87. The highest BCUT2D eigenvalue weighted by Gasteiger charge is 2.11. The molecule has 1 aromatic heterocycles.